The maximum Gasteiger partial charge on any atom is 0.327 e. The fraction of sp³-hybridized carbons (Fsp3) is 0.0500. The lowest BCUT2D eigenvalue weighted by atomic mass is 10.0. The van der Waals surface area contributed by atoms with Crippen LogP contribution in [0.1, 0.15) is 16.1 Å². The molecule has 2 N–H and O–H groups in total. The zero-order chi connectivity index (χ0) is 20.3. The highest BCUT2D eigenvalue weighted by Crippen LogP contribution is 2.26. The van der Waals surface area contributed by atoms with Gasteiger partial charge >= 0.3 is 6.03 Å². The van der Waals surface area contributed by atoms with Gasteiger partial charge in [-0.2, -0.15) is 0 Å². The van der Waals surface area contributed by atoms with Crippen LogP contribution >= 0.6 is 39.1 Å². The van der Waals surface area contributed by atoms with Crippen molar-refractivity contribution in [3.05, 3.63) is 80.4 Å². The van der Waals surface area contributed by atoms with Crippen LogP contribution < -0.4 is 10.6 Å². The van der Waals surface area contributed by atoms with E-state index < -0.39 is 11.9 Å². The van der Waals surface area contributed by atoms with Gasteiger partial charge in [0.2, 0.25) is 0 Å². The number of aryl methyl sites for hydroxylation is 1. The Bertz CT molecular complexity index is 1040. The number of halogens is 3. The van der Waals surface area contributed by atoms with Crippen LogP contribution in [0.5, 0.6) is 0 Å². The molecule has 2 aromatic carbocycles. The number of hydrogen-bond acceptors (Lipinski definition) is 3. The quantitative estimate of drug-likeness (QED) is 0.478. The molecule has 0 spiro atoms. The van der Waals surface area contributed by atoms with E-state index in [-0.39, 0.29) is 15.6 Å². The first kappa shape index (κ1) is 20.3. The van der Waals surface area contributed by atoms with Gasteiger partial charge in [0.1, 0.15) is 5.82 Å². The van der Waals surface area contributed by atoms with Gasteiger partial charge in [0, 0.05) is 15.7 Å². The number of amides is 3. The number of pyridine rings is 1. The zero-order valence-corrected chi connectivity index (χ0v) is 17.7. The number of benzene rings is 2. The minimum atomic E-state index is -0.732. The number of imide groups is 1. The van der Waals surface area contributed by atoms with E-state index in [1.165, 1.54) is 12.1 Å². The fourth-order valence-corrected chi connectivity index (χ4v) is 3.43. The number of hydrogen-bond donors (Lipinski definition) is 2. The first-order valence-electron chi connectivity index (χ1n) is 8.15. The predicted molar refractivity (Wildman–Crippen MR) is 115 cm³/mol. The third-order valence-corrected chi connectivity index (χ3v) is 5.06. The Morgan fingerprint density at radius 2 is 1.61 bits per heavy atom. The van der Waals surface area contributed by atoms with E-state index in [2.05, 4.69) is 31.5 Å². The molecule has 0 unspecified atom stereocenters. The van der Waals surface area contributed by atoms with Crippen molar-refractivity contribution in [3.63, 3.8) is 0 Å². The Kier molecular flexibility index (Phi) is 6.34. The molecule has 142 valence electrons. The minimum Gasteiger partial charge on any atom is -0.292 e. The molecule has 1 aromatic heterocycles. The monoisotopic (exact) mass is 477 g/mol. The van der Waals surface area contributed by atoms with Crippen molar-refractivity contribution in [2.24, 2.45) is 0 Å². The van der Waals surface area contributed by atoms with Crippen molar-refractivity contribution in [2.45, 2.75) is 6.92 Å². The van der Waals surface area contributed by atoms with Crippen LogP contribution in [0.25, 0.3) is 11.1 Å². The van der Waals surface area contributed by atoms with Crippen molar-refractivity contribution in [1.29, 1.82) is 0 Å². The summed E-state index contributed by atoms with van der Waals surface area (Å²) in [6.07, 6.45) is 0. The van der Waals surface area contributed by atoms with Crippen LogP contribution in [0.15, 0.2) is 59.1 Å². The van der Waals surface area contributed by atoms with Gasteiger partial charge in [-0.25, -0.2) is 9.78 Å². The summed E-state index contributed by atoms with van der Waals surface area (Å²) in [6.45, 7) is 1.84. The second-order valence-electron chi connectivity index (χ2n) is 5.84. The summed E-state index contributed by atoms with van der Waals surface area (Å²) in [5.74, 6) is -0.384. The predicted octanol–water partition coefficient (Wildman–Crippen LogP) is 6.09. The highest BCUT2D eigenvalue weighted by Gasteiger charge is 2.17. The van der Waals surface area contributed by atoms with E-state index in [4.69, 9.17) is 23.2 Å². The maximum atomic E-state index is 12.3. The molecule has 0 aliphatic carbocycles. The van der Waals surface area contributed by atoms with Crippen molar-refractivity contribution >= 4 is 56.9 Å². The molecule has 0 atom stereocenters. The summed E-state index contributed by atoms with van der Waals surface area (Å²) in [6, 6.07) is 15.3. The maximum absolute atomic E-state index is 12.3. The van der Waals surface area contributed by atoms with Crippen LogP contribution in [-0.4, -0.2) is 16.9 Å². The number of nitrogens with zero attached hydrogens (tertiary/aromatic N) is 1. The second-order valence-corrected chi connectivity index (χ2v) is 7.57. The van der Waals surface area contributed by atoms with Crippen molar-refractivity contribution < 1.29 is 9.59 Å². The van der Waals surface area contributed by atoms with E-state index >= 15 is 0 Å². The number of urea groups is 1. The van der Waals surface area contributed by atoms with Gasteiger partial charge in [-0.3, -0.25) is 15.4 Å². The molecular formula is C20H14BrCl2N3O2. The highest BCUT2D eigenvalue weighted by molar-refractivity contribution is 9.10. The number of nitrogens with one attached hydrogen (secondary N) is 2. The number of anilines is 1. The summed E-state index contributed by atoms with van der Waals surface area (Å²) in [5, 5.41) is 5.05. The SMILES string of the molecule is Cc1nc(NC(=O)NC(=O)c2c(Cl)cccc2Cl)ccc1-c1ccc(Br)cc1. The van der Waals surface area contributed by atoms with E-state index in [1.807, 2.05) is 37.3 Å². The fourth-order valence-electron chi connectivity index (χ4n) is 2.59. The van der Waals surface area contributed by atoms with Gasteiger partial charge in [-0.05, 0) is 48.9 Å². The van der Waals surface area contributed by atoms with Crippen molar-refractivity contribution in [3.8, 4) is 11.1 Å². The molecule has 8 heteroatoms. The highest BCUT2D eigenvalue weighted by atomic mass is 79.9. The Balaban J connectivity index is 1.71. The zero-order valence-electron chi connectivity index (χ0n) is 14.6. The first-order chi connectivity index (χ1) is 13.3. The van der Waals surface area contributed by atoms with Crippen LogP contribution in [-0.2, 0) is 0 Å². The van der Waals surface area contributed by atoms with Crippen LogP contribution in [0.2, 0.25) is 10.0 Å². The first-order valence-corrected chi connectivity index (χ1v) is 9.70. The molecule has 0 aliphatic rings. The number of carbonyl (C=O) groups is 2. The largest absolute Gasteiger partial charge is 0.327 e. The van der Waals surface area contributed by atoms with Crippen LogP contribution in [0, 0.1) is 6.92 Å². The molecule has 0 aliphatic heterocycles. The third-order valence-electron chi connectivity index (χ3n) is 3.90. The summed E-state index contributed by atoms with van der Waals surface area (Å²) >= 11 is 15.4. The number of carbonyl (C=O) groups excluding carboxylic acids is 2. The van der Waals surface area contributed by atoms with E-state index in [0.717, 1.165) is 21.3 Å². The topological polar surface area (TPSA) is 71.1 Å². The molecule has 3 amide bonds. The Morgan fingerprint density at radius 3 is 2.21 bits per heavy atom. The molecule has 3 rings (SSSR count). The molecule has 0 fully saturated rings. The molecular weight excluding hydrogens is 465 g/mol. The Labute approximate surface area is 180 Å². The average Bonchev–Trinajstić information content (AvgIpc) is 2.62. The van der Waals surface area contributed by atoms with Crippen LogP contribution in [0.3, 0.4) is 0 Å². The number of rotatable bonds is 3. The summed E-state index contributed by atoms with van der Waals surface area (Å²) < 4.78 is 0.986. The van der Waals surface area contributed by atoms with E-state index in [1.54, 1.807) is 12.1 Å². The molecule has 0 saturated carbocycles. The minimum absolute atomic E-state index is 0.0377. The number of aromatic nitrogens is 1. The molecule has 1 heterocycles. The van der Waals surface area contributed by atoms with Crippen molar-refractivity contribution in [1.82, 2.24) is 10.3 Å². The van der Waals surface area contributed by atoms with Gasteiger partial charge in [-0.1, -0.05) is 57.3 Å². The summed E-state index contributed by atoms with van der Waals surface area (Å²) in [7, 11) is 0. The van der Waals surface area contributed by atoms with Crippen LogP contribution in [0.4, 0.5) is 10.6 Å². The molecule has 5 nitrogen and oxygen atoms in total. The molecule has 0 saturated heterocycles. The van der Waals surface area contributed by atoms with Gasteiger partial charge in [-0.15, -0.1) is 0 Å². The molecule has 0 bridgehead atoms. The van der Waals surface area contributed by atoms with E-state index in [0.29, 0.717) is 5.82 Å². The van der Waals surface area contributed by atoms with Gasteiger partial charge in [0.25, 0.3) is 5.91 Å². The third kappa shape index (κ3) is 4.70. The molecule has 3 aromatic rings. The lowest BCUT2D eigenvalue weighted by Crippen LogP contribution is -2.35. The van der Waals surface area contributed by atoms with Crippen molar-refractivity contribution in [2.75, 3.05) is 5.32 Å². The Morgan fingerprint density at radius 1 is 0.964 bits per heavy atom. The lowest BCUT2D eigenvalue weighted by Gasteiger charge is -2.11. The van der Waals surface area contributed by atoms with Gasteiger partial charge < -0.3 is 0 Å². The smallest absolute Gasteiger partial charge is 0.292 e. The molecule has 28 heavy (non-hydrogen) atoms. The molecule has 0 radical (unpaired) electrons. The van der Waals surface area contributed by atoms with Gasteiger partial charge in [0.05, 0.1) is 15.6 Å². The second kappa shape index (κ2) is 8.73. The normalized spacial score (nSPS) is 10.4. The van der Waals surface area contributed by atoms with Gasteiger partial charge in [0.15, 0.2) is 0 Å². The average molecular weight is 479 g/mol. The lowest BCUT2D eigenvalue weighted by molar-refractivity contribution is 0.0967. The Hall–Kier alpha value is -2.41. The standard InChI is InChI=1S/C20H14BrCl2N3O2/c1-11-14(12-5-7-13(21)8-6-12)9-10-17(24-11)25-20(28)26-19(27)18-15(22)3-2-4-16(18)23/h2-10H,1H3,(H2,24,25,26,27,28). The van der Waals surface area contributed by atoms with E-state index in [9.17, 15) is 9.59 Å². The summed E-state index contributed by atoms with van der Waals surface area (Å²) in [4.78, 5) is 28.8. The summed E-state index contributed by atoms with van der Waals surface area (Å²) in [5.41, 5.74) is 2.72.